The molecule has 0 aliphatic heterocycles. The molecule has 8 nitrogen and oxygen atoms in total. The van der Waals surface area contributed by atoms with E-state index < -0.39 is 0 Å². The molecule has 3 heterocycles. The quantitative estimate of drug-likeness (QED) is 0.723. The minimum atomic E-state index is -0.342. The van der Waals surface area contributed by atoms with Crippen molar-refractivity contribution in [1.82, 2.24) is 30.0 Å². The van der Waals surface area contributed by atoms with Crippen LogP contribution in [0.5, 0.6) is 0 Å². The summed E-state index contributed by atoms with van der Waals surface area (Å²) in [6, 6.07) is 3.32. The Morgan fingerprint density at radius 1 is 1.45 bits per heavy atom. The molecular formula is C14H14N6O2. The van der Waals surface area contributed by atoms with E-state index in [4.69, 9.17) is 0 Å². The van der Waals surface area contributed by atoms with Crippen LogP contribution in [0.1, 0.15) is 21.7 Å². The molecule has 0 saturated heterocycles. The van der Waals surface area contributed by atoms with E-state index in [2.05, 4.69) is 25.4 Å². The maximum absolute atomic E-state index is 12.4. The number of pyridine rings is 1. The Bertz CT molecular complexity index is 897. The van der Waals surface area contributed by atoms with Crippen molar-refractivity contribution >= 4 is 16.9 Å². The summed E-state index contributed by atoms with van der Waals surface area (Å²) in [6.45, 7) is 2.03. The van der Waals surface area contributed by atoms with Crippen molar-refractivity contribution in [2.45, 2.75) is 13.5 Å². The summed E-state index contributed by atoms with van der Waals surface area (Å²) in [5.74, 6) is -0.342. The molecule has 0 radical (unpaired) electrons. The number of fused-ring (bicyclic) bond motifs is 1. The second-order valence-electron chi connectivity index (χ2n) is 4.89. The van der Waals surface area contributed by atoms with Gasteiger partial charge in [-0.15, -0.1) is 0 Å². The van der Waals surface area contributed by atoms with E-state index in [9.17, 15) is 9.59 Å². The third-order valence-electron chi connectivity index (χ3n) is 3.26. The number of hydrogen-bond acceptors (Lipinski definition) is 5. The first kappa shape index (κ1) is 13.9. The first-order valence-corrected chi connectivity index (χ1v) is 6.65. The van der Waals surface area contributed by atoms with E-state index in [0.29, 0.717) is 22.6 Å². The number of carbonyl (C=O) groups excluding carboxylic acids is 1. The summed E-state index contributed by atoms with van der Waals surface area (Å²) in [5.41, 5.74) is 1.77. The van der Waals surface area contributed by atoms with Crippen LogP contribution in [-0.2, 0) is 13.6 Å². The summed E-state index contributed by atoms with van der Waals surface area (Å²) in [7, 11) is 1.68. The van der Waals surface area contributed by atoms with Crippen molar-refractivity contribution in [3.63, 3.8) is 0 Å². The lowest BCUT2D eigenvalue weighted by molar-refractivity contribution is 0.0952. The van der Waals surface area contributed by atoms with Crippen LogP contribution in [-0.4, -0.2) is 30.6 Å². The maximum Gasteiger partial charge on any atom is 0.274 e. The highest BCUT2D eigenvalue weighted by Crippen LogP contribution is 2.14. The second kappa shape index (κ2) is 5.40. The summed E-state index contributed by atoms with van der Waals surface area (Å²) >= 11 is 0. The van der Waals surface area contributed by atoms with Crippen LogP contribution in [0.2, 0.25) is 0 Å². The van der Waals surface area contributed by atoms with Gasteiger partial charge in [0, 0.05) is 18.9 Å². The molecule has 0 bridgehead atoms. The molecule has 0 aliphatic carbocycles. The SMILES string of the molecule is Cc1cc(C(=O)NCc2ccncn2)c2c(=O)[nH]n(C)c2n1. The van der Waals surface area contributed by atoms with Crippen molar-refractivity contribution in [3.05, 3.63) is 52.0 Å². The minimum absolute atomic E-state index is 0.259. The molecular weight excluding hydrogens is 284 g/mol. The normalized spacial score (nSPS) is 10.8. The predicted molar refractivity (Wildman–Crippen MR) is 79.3 cm³/mol. The smallest absolute Gasteiger partial charge is 0.274 e. The summed E-state index contributed by atoms with van der Waals surface area (Å²) in [4.78, 5) is 36.5. The molecule has 112 valence electrons. The van der Waals surface area contributed by atoms with Gasteiger partial charge in [0.2, 0.25) is 0 Å². The minimum Gasteiger partial charge on any atom is -0.346 e. The van der Waals surface area contributed by atoms with Crippen LogP contribution >= 0.6 is 0 Å². The highest BCUT2D eigenvalue weighted by atomic mass is 16.2. The fourth-order valence-electron chi connectivity index (χ4n) is 2.25. The van der Waals surface area contributed by atoms with Crippen LogP contribution in [0.3, 0.4) is 0 Å². The molecule has 8 heteroatoms. The number of hydrogen-bond donors (Lipinski definition) is 2. The Kier molecular flexibility index (Phi) is 3.42. The fourth-order valence-corrected chi connectivity index (χ4v) is 2.25. The van der Waals surface area contributed by atoms with Crippen molar-refractivity contribution in [3.8, 4) is 0 Å². The van der Waals surface area contributed by atoms with Crippen molar-refractivity contribution in [2.24, 2.45) is 7.05 Å². The van der Waals surface area contributed by atoms with Crippen molar-refractivity contribution < 1.29 is 4.79 Å². The zero-order valence-electron chi connectivity index (χ0n) is 12.1. The lowest BCUT2D eigenvalue weighted by Gasteiger charge is -2.06. The van der Waals surface area contributed by atoms with Crippen molar-refractivity contribution in [2.75, 3.05) is 0 Å². The summed E-state index contributed by atoms with van der Waals surface area (Å²) in [5, 5.41) is 5.65. The average molecular weight is 298 g/mol. The van der Waals surface area contributed by atoms with E-state index in [0.717, 1.165) is 0 Å². The number of carbonyl (C=O) groups is 1. The molecule has 22 heavy (non-hydrogen) atoms. The first-order chi connectivity index (χ1) is 10.6. The molecule has 0 fully saturated rings. The van der Waals surface area contributed by atoms with Gasteiger partial charge >= 0.3 is 0 Å². The average Bonchev–Trinajstić information content (AvgIpc) is 2.79. The number of aromatic amines is 1. The Hall–Kier alpha value is -3.03. The molecule has 0 aromatic carbocycles. The molecule has 2 N–H and O–H groups in total. The zero-order chi connectivity index (χ0) is 15.7. The van der Waals surface area contributed by atoms with Gasteiger partial charge in [0.15, 0.2) is 5.65 Å². The van der Waals surface area contributed by atoms with Gasteiger partial charge < -0.3 is 5.32 Å². The monoisotopic (exact) mass is 298 g/mol. The second-order valence-corrected chi connectivity index (χ2v) is 4.89. The topological polar surface area (TPSA) is 106 Å². The molecule has 0 atom stereocenters. The van der Waals surface area contributed by atoms with E-state index in [-0.39, 0.29) is 23.4 Å². The molecule has 1 amide bonds. The largest absolute Gasteiger partial charge is 0.346 e. The Labute approximate surface area is 125 Å². The van der Waals surface area contributed by atoms with Gasteiger partial charge in [0.1, 0.15) is 6.33 Å². The Morgan fingerprint density at radius 2 is 2.27 bits per heavy atom. The number of H-pyrrole nitrogens is 1. The summed E-state index contributed by atoms with van der Waals surface area (Å²) in [6.07, 6.45) is 3.02. The lowest BCUT2D eigenvalue weighted by Crippen LogP contribution is -2.24. The number of nitrogens with zero attached hydrogens (tertiary/aromatic N) is 4. The molecule has 0 aliphatic rings. The highest BCUT2D eigenvalue weighted by molar-refractivity contribution is 6.05. The molecule has 0 saturated carbocycles. The lowest BCUT2D eigenvalue weighted by atomic mass is 10.1. The molecule has 3 aromatic heterocycles. The van der Waals surface area contributed by atoms with E-state index in [1.54, 1.807) is 32.3 Å². The van der Waals surface area contributed by atoms with Gasteiger partial charge in [-0.2, -0.15) is 0 Å². The van der Waals surface area contributed by atoms with Crippen molar-refractivity contribution in [1.29, 1.82) is 0 Å². The molecule has 3 rings (SSSR count). The Balaban J connectivity index is 1.95. The van der Waals surface area contributed by atoms with Crippen LogP contribution in [0, 0.1) is 6.92 Å². The number of aromatic nitrogens is 5. The highest BCUT2D eigenvalue weighted by Gasteiger charge is 2.17. The zero-order valence-corrected chi connectivity index (χ0v) is 12.1. The van der Waals surface area contributed by atoms with Crippen LogP contribution in [0.15, 0.2) is 29.5 Å². The molecule has 0 unspecified atom stereocenters. The fraction of sp³-hybridized carbons (Fsp3) is 0.214. The van der Waals surface area contributed by atoms with Crippen LogP contribution in [0.4, 0.5) is 0 Å². The Morgan fingerprint density at radius 3 is 3.00 bits per heavy atom. The third kappa shape index (κ3) is 2.46. The predicted octanol–water partition coefficient (Wildman–Crippen LogP) is 0.290. The molecule has 3 aromatic rings. The number of nitrogens with one attached hydrogen (secondary N) is 2. The van der Waals surface area contributed by atoms with E-state index in [1.807, 2.05) is 0 Å². The standard InChI is InChI=1S/C14H14N6O2/c1-8-5-10(11-12(18-8)20(2)19-14(11)22)13(21)16-6-9-3-4-15-7-17-9/h3-5,7H,6H2,1-2H3,(H,16,21)(H,19,22). The van der Waals surface area contributed by atoms with Gasteiger partial charge in [-0.25, -0.2) is 15.0 Å². The van der Waals surface area contributed by atoms with Crippen LogP contribution in [0.25, 0.3) is 11.0 Å². The number of rotatable bonds is 3. The van der Waals surface area contributed by atoms with Gasteiger partial charge in [-0.3, -0.25) is 19.4 Å². The maximum atomic E-state index is 12.4. The van der Waals surface area contributed by atoms with Gasteiger partial charge in [0.25, 0.3) is 11.5 Å². The van der Waals surface area contributed by atoms with Gasteiger partial charge in [0.05, 0.1) is 23.2 Å². The summed E-state index contributed by atoms with van der Waals surface area (Å²) < 4.78 is 1.51. The number of aryl methyl sites for hydroxylation is 2. The van der Waals surface area contributed by atoms with Crippen LogP contribution < -0.4 is 10.9 Å². The number of amides is 1. The molecule has 0 spiro atoms. The van der Waals surface area contributed by atoms with Gasteiger partial charge in [-0.1, -0.05) is 0 Å². The van der Waals surface area contributed by atoms with E-state index >= 15 is 0 Å². The third-order valence-corrected chi connectivity index (χ3v) is 3.26. The first-order valence-electron chi connectivity index (χ1n) is 6.65. The van der Waals surface area contributed by atoms with E-state index in [1.165, 1.54) is 11.0 Å². The van der Waals surface area contributed by atoms with Gasteiger partial charge in [-0.05, 0) is 19.1 Å².